The van der Waals surface area contributed by atoms with Crippen molar-refractivity contribution in [3.8, 4) is 0 Å². The van der Waals surface area contributed by atoms with Crippen molar-refractivity contribution in [2.45, 2.75) is 43.1 Å². The van der Waals surface area contributed by atoms with Crippen LogP contribution in [0.5, 0.6) is 0 Å². The summed E-state index contributed by atoms with van der Waals surface area (Å²) >= 11 is 1.74. The molecule has 1 aromatic rings. The number of aliphatic hydroxyl groups excluding tert-OH is 1. The van der Waals surface area contributed by atoms with Crippen LogP contribution in [0.15, 0.2) is 29.2 Å². The van der Waals surface area contributed by atoms with Crippen LogP contribution in [0.25, 0.3) is 0 Å². The van der Waals surface area contributed by atoms with Gasteiger partial charge in [-0.3, -0.25) is 0 Å². The van der Waals surface area contributed by atoms with Crippen LogP contribution in [0.2, 0.25) is 0 Å². The van der Waals surface area contributed by atoms with Gasteiger partial charge in [0.1, 0.15) is 0 Å². The molecular formula is C15H23NOS. The van der Waals surface area contributed by atoms with E-state index in [1.807, 2.05) is 12.1 Å². The first-order valence-electron chi connectivity index (χ1n) is 6.84. The van der Waals surface area contributed by atoms with Crippen LogP contribution in [0, 0.1) is 5.92 Å². The van der Waals surface area contributed by atoms with Crippen LogP contribution in [0.1, 0.15) is 32.1 Å². The first-order valence-corrected chi connectivity index (χ1v) is 8.07. The standard InChI is InChI=1S/C15H23NOS/c1-18-15-9-5-4-8-14(15)16-11-13(17)10-12-6-2-3-7-12/h4-5,8-9,12-13,16-17H,2-3,6-7,10-11H2,1H3. The Morgan fingerprint density at radius 2 is 2.06 bits per heavy atom. The monoisotopic (exact) mass is 265 g/mol. The number of aliphatic hydroxyl groups is 1. The average Bonchev–Trinajstić information content (AvgIpc) is 2.89. The smallest absolute Gasteiger partial charge is 0.0715 e. The van der Waals surface area contributed by atoms with E-state index in [0.29, 0.717) is 6.54 Å². The zero-order valence-electron chi connectivity index (χ0n) is 11.1. The Balaban J connectivity index is 1.79. The fraction of sp³-hybridized carbons (Fsp3) is 0.600. The maximum atomic E-state index is 10.1. The van der Waals surface area contributed by atoms with Gasteiger partial charge in [0.2, 0.25) is 0 Å². The first-order chi connectivity index (χ1) is 8.79. The summed E-state index contributed by atoms with van der Waals surface area (Å²) < 4.78 is 0. The second-order valence-corrected chi connectivity index (χ2v) is 5.97. The van der Waals surface area contributed by atoms with Gasteiger partial charge in [-0.2, -0.15) is 0 Å². The van der Waals surface area contributed by atoms with Gasteiger partial charge in [-0.25, -0.2) is 0 Å². The maximum absolute atomic E-state index is 10.1. The Bertz CT molecular complexity index is 363. The molecule has 0 aromatic heterocycles. The lowest BCUT2D eigenvalue weighted by Gasteiger charge is -2.17. The fourth-order valence-electron chi connectivity index (χ4n) is 2.73. The van der Waals surface area contributed by atoms with E-state index in [1.54, 1.807) is 11.8 Å². The molecule has 0 spiro atoms. The number of benzene rings is 1. The van der Waals surface area contributed by atoms with E-state index in [9.17, 15) is 5.11 Å². The molecule has 0 bridgehead atoms. The minimum absolute atomic E-state index is 0.219. The van der Waals surface area contributed by atoms with Crippen molar-refractivity contribution in [1.82, 2.24) is 0 Å². The molecule has 0 heterocycles. The van der Waals surface area contributed by atoms with Gasteiger partial charge in [-0.15, -0.1) is 11.8 Å². The van der Waals surface area contributed by atoms with Crippen molar-refractivity contribution >= 4 is 17.4 Å². The van der Waals surface area contributed by atoms with Crippen molar-refractivity contribution in [1.29, 1.82) is 0 Å². The summed E-state index contributed by atoms with van der Waals surface area (Å²) in [6.07, 6.45) is 8.11. The highest BCUT2D eigenvalue weighted by molar-refractivity contribution is 7.98. The highest BCUT2D eigenvalue weighted by Crippen LogP contribution is 2.29. The van der Waals surface area contributed by atoms with E-state index in [-0.39, 0.29) is 6.10 Å². The summed E-state index contributed by atoms with van der Waals surface area (Å²) in [6, 6.07) is 8.27. The van der Waals surface area contributed by atoms with E-state index in [0.717, 1.165) is 18.0 Å². The highest BCUT2D eigenvalue weighted by Gasteiger charge is 2.18. The minimum Gasteiger partial charge on any atom is -0.391 e. The van der Waals surface area contributed by atoms with Gasteiger partial charge in [0.25, 0.3) is 0 Å². The first kappa shape index (κ1) is 13.8. The molecule has 1 aliphatic carbocycles. The second-order valence-electron chi connectivity index (χ2n) is 5.12. The molecule has 0 saturated heterocycles. The van der Waals surface area contributed by atoms with Gasteiger partial charge in [0, 0.05) is 17.1 Å². The Morgan fingerprint density at radius 1 is 1.33 bits per heavy atom. The minimum atomic E-state index is -0.219. The Kier molecular flexibility index (Phi) is 5.39. The van der Waals surface area contributed by atoms with Crippen molar-refractivity contribution in [2.75, 3.05) is 18.1 Å². The van der Waals surface area contributed by atoms with Gasteiger partial charge in [0.15, 0.2) is 0 Å². The van der Waals surface area contributed by atoms with Gasteiger partial charge in [0.05, 0.1) is 6.10 Å². The summed E-state index contributed by atoms with van der Waals surface area (Å²) in [5, 5.41) is 13.4. The average molecular weight is 265 g/mol. The molecule has 100 valence electrons. The number of para-hydroxylation sites is 1. The molecule has 1 aromatic carbocycles. The molecule has 1 aliphatic rings. The normalized spacial score (nSPS) is 17.9. The zero-order valence-corrected chi connectivity index (χ0v) is 11.9. The molecule has 2 rings (SSSR count). The quantitative estimate of drug-likeness (QED) is 0.768. The second kappa shape index (κ2) is 7.05. The lowest BCUT2D eigenvalue weighted by atomic mass is 10.00. The lowest BCUT2D eigenvalue weighted by molar-refractivity contribution is 0.155. The van der Waals surface area contributed by atoms with Crippen LogP contribution >= 0.6 is 11.8 Å². The number of rotatable bonds is 6. The molecule has 1 fully saturated rings. The van der Waals surface area contributed by atoms with Gasteiger partial charge in [-0.05, 0) is 30.7 Å². The molecule has 0 amide bonds. The van der Waals surface area contributed by atoms with Gasteiger partial charge < -0.3 is 10.4 Å². The van der Waals surface area contributed by atoms with E-state index in [2.05, 4.69) is 23.7 Å². The van der Waals surface area contributed by atoms with Crippen LogP contribution < -0.4 is 5.32 Å². The molecule has 1 unspecified atom stereocenters. The third-order valence-corrected chi connectivity index (χ3v) is 4.51. The van der Waals surface area contributed by atoms with Gasteiger partial charge in [-0.1, -0.05) is 37.8 Å². The number of anilines is 1. The van der Waals surface area contributed by atoms with Crippen molar-refractivity contribution in [2.24, 2.45) is 5.92 Å². The summed E-state index contributed by atoms with van der Waals surface area (Å²) in [5.74, 6) is 0.748. The highest BCUT2D eigenvalue weighted by atomic mass is 32.2. The molecule has 3 heteroatoms. The predicted octanol–water partition coefficient (Wildman–Crippen LogP) is 3.76. The molecule has 2 nitrogen and oxygen atoms in total. The number of hydrogen-bond donors (Lipinski definition) is 2. The number of hydrogen-bond acceptors (Lipinski definition) is 3. The largest absolute Gasteiger partial charge is 0.391 e. The summed E-state index contributed by atoms with van der Waals surface area (Å²) in [5.41, 5.74) is 1.13. The Morgan fingerprint density at radius 3 is 2.78 bits per heavy atom. The molecule has 2 N–H and O–H groups in total. The van der Waals surface area contributed by atoms with Crippen molar-refractivity contribution in [3.05, 3.63) is 24.3 Å². The molecule has 0 aliphatic heterocycles. The van der Waals surface area contributed by atoms with Crippen molar-refractivity contribution < 1.29 is 5.11 Å². The lowest BCUT2D eigenvalue weighted by Crippen LogP contribution is -2.22. The summed E-state index contributed by atoms with van der Waals surface area (Å²) in [7, 11) is 0. The van der Waals surface area contributed by atoms with Crippen LogP contribution in [-0.4, -0.2) is 24.0 Å². The molecular weight excluding hydrogens is 242 g/mol. The van der Waals surface area contributed by atoms with Crippen LogP contribution in [0.3, 0.4) is 0 Å². The Labute approximate surface area is 114 Å². The Hall–Kier alpha value is -0.670. The number of nitrogens with one attached hydrogen (secondary N) is 1. The van der Waals surface area contributed by atoms with E-state index in [4.69, 9.17) is 0 Å². The predicted molar refractivity (Wildman–Crippen MR) is 79.3 cm³/mol. The third-order valence-electron chi connectivity index (χ3n) is 3.72. The third kappa shape index (κ3) is 3.92. The topological polar surface area (TPSA) is 32.3 Å². The summed E-state index contributed by atoms with van der Waals surface area (Å²) in [4.78, 5) is 1.24. The molecule has 1 saturated carbocycles. The van der Waals surface area contributed by atoms with Gasteiger partial charge >= 0.3 is 0 Å². The van der Waals surface area contributed by atoms with E-state index >= 15 is 0 Å². The number of thioether (sulfide) groups is 1. The maximum Gasteiger partial charge on any atom is 0.0715 e. The van der Waals surface area contributed by atoms with E-state index in [1.165, 1.54) is 30.6 Å². The summed E-state index contributed by atoms with van der Waals surface area (Å²) in [6.45, 7) is 0.661. The zero-order chi connectivity index (χ0) is 12.8. The van der Waals surface area contributed by atoms with Crippen LogP contribution in [-0.2, 0) is 0 Å². The molecule has 1 atom stereocenters. The van der Waals surface area contributed by atoms with Crippen LogP contribution in [0.4, 0.5) is 5.69 Å². The van der Waals surface area contributed by atoms with E-state index < -0.39 is 0 Å². The fourth-order valence-corrected chi connectivity index (χ4v) is 3.31. The molecule has 18 heavy (non-hydrogen) atoms. The molecule has 0 radical (unpaired) electrons. The van der Waals surface area contributed by atoms with Crippen molar-refractivity contribution in [3.63, 3.8) is 0 Å². The SMILES string of the molecule is CSc1ccccc1NCC(O)CC1CCCC1.